The van der Waals surface area contributed by atoms with Crippen molar-refractivity contribution in [3.05, 3.63) is 59.2 Å². The maximum atomic E-state index is 12.4. The lowest BCUT2D eigenvalue weighted by molar-refractivity contribution is 0.0945. The zero-order valence-corrected chi connectivity index (χ0v) is 15.3. The average Bonchev–Trinajstić information content (AvgIpc) is 2.65. The Bertz CT molecular complexity index is 724. The van der Waals surface area contributed by atoms with Crippen LogP contribution in [-0.4, -0.2) is 26.7 Å². The van der Waals surface area contributed by atoms with Crippen LogP contribution in [0.2, 0.25) is 0 Å². The first-order valence-corrected chi connectivity index (χ1v) is 8.21. The van der Waals surface area contributed by atoms with Gasteiger partial charge in [0.1, 0.15) is 0 Å². The van der Waals surface area contributed by atoms with E-state index in [2.05, 4.69) is 19.2 Å². The molecule has 0 unspecified atom stereocenters. The number of rotatable bonds is 7. The summed E-state index contributed by atoms with van der Waals surface area (Å²) in [6.07, 6.45) is 0. The number of carbonyl (C=O) groups excluding carboxylic acids is 1. The monoisotopic (exact) mass is 342 g/mol. The molecule has 25 heavy (non-hydrogen) atoms. The van der Waals surface area contributed by atoms with Crippen molar-refractivity contribution in [1.82, 2.24) is 5.32 Å². The van der Waals surface area contributed by atoms with Gasteiger partial charge in [0.25, 0.3) is 5.91 Å². The van der Waals surface area contributed by atoms with E-state index in [1.807, 2.05) is 30.3 Å². The molecule has 2 aromatic carbocycles. The molecule has 0 bridgehead atoms. The number of carbonyl (C=O) groups is 1. The molecule has 0 spiro atoms. The number of methoxy groups -OCH3 is 2. The van der Waals surface area contributed by atoms with Gasteiger partial charge in [-0.1, -0.05) is 32.0 Å². The summed E-state index contributed by atoms with van der Waals surface area (Å²) >= 11 is 0. The summed E-state index contributed by atoms with van der Waals surface area (Å²) in [6.45, 7) is 5.12. The van der Waals surface area contributed by atoms with Gasteiger partial charge >= 0.3 is 0 Å². The molecule has 2 rings (SSSR count). The summed E-state index contributed by atoms with van der Waals surface area (Å²) < 4.78 is 10.6. The first-order chi connectivity index (χ1) is 11.9. The molecule has 0 aliphatic heterocycles. The van der Waals surface area contributed by atoms with E-state index in [-0.39, 0.29) is 11.3 Å². The molecular weight excluding hydrogens is 316 g/mol. The number of hydrogen-bond acceptors (Lipinski definition) is 4. The van der Waals surface area contributed by atoms with Gasteiger partial charge in [0.15, 0.2) is 11.5 Å². The average molecular weight is 342 g/mol. The molecule has 3 N–H and O–H groups in total. The van der Waals surface area contributed by atoms with Crippen molar-refractivity contribution in [3.63, 3.8) is 0 Å². The SMILES string of the molecule is COc1ccc(C(C)(C)CNC(=O)c2ccc(CN)cc2)cc1OC. The van der Waals surface area contributed by atoms with Crippen LogP contribution in [0.15, 0.2) is 42.5 Å². The quantitative estimate of drug-likeness (QED) is 0.811. The van der Waals surface area contributed by atoms with Gasteiger partial charge in [0.05, 0.1) is 14.2 Å². The minimum Gasteiger partial charge on any atom is -0.493 e. The summed E-state index contributed by atoms with van der Waals surface area (Å²) in [5.41, 5.74) is 8.01. The van der Waals surface area contributed by atoms with Crippen LogP contribution in [0.3, 0.4) is 0 Å². The largest absolute Gasteiger partial charge is 0.493 e. The molecule has 5 nitrogen and oxygen atoms in total. The molecule has 0 heterocycles. The Balaban J connectivity index is 2.08. The molecule has 0 aliphatic carbocycles. The summed E-state index contributed by atoms with van der Waals surface area (Å²) in [5.74, 6) is 1.26. The van der Waals surface area contributed by atoms with Crippen LogP contribution in [0.5, 0.6) is 11.5 Å². The van der Waals surface area contributed by atoms with E-state index in [1.54, 1.807) is 26.4 Å². The Hall–Kier alpha value is -2.53. The van der Waals surface area contributed by atoms with Crippen LogP contribution >= 0.6 is 0 Å². The highest BCUT2D eigenvalue weighted by molar-refractivity contribution is 5.94. The van der Waals surface area contributed by atoms with Crippen molar-refractivity contribution in [2.75, 3.05) is 20.8 Å². The minimum absolute atomic E-state index is 0.0999. The van der Waals surface area contributed by atoms with Crippen molar-refractivity contribution in [1.29, 1.82) is 0 Å². The van der Waals surface area contributed by atoms with Gasteiger partial charge in [-0.2, -0.15) is 0 Å². The van der Waals surface area contributed by atoms with Gasteiger partial charge in [0, 0.05) is 24.1 Å². The topological polar surface area (TPSA) is 73.6 Å². The number of benzene rings is 2. The molecule has 1 amide bonds. The smallest absolute Gasteiger partial charge is 0.251 e. The molecular formula is C20H26N2O3. The Labute approximate surface area is 149 Å². The number of nitrogens with one attached hydrogen (secondary N) is 1. The molecule has 0 fully saturated rings. The standard InChI is InChI=1S/C20H26N2O3/c1-20(2,16-9-10-17(24-3)18(11-16)25-4)13-22-19(23)15-7-5-14(12-21)6-8-15/h5-11H,12-13,21H2,1-4H3,(H,22,23). The second-order valence-electron chi connectivity index (χ2n) is 6.54. The highest BCUT2D eigenvalue weighted by atomic mass is 16.5. The summed E-state index contributed by atoms with van der Waals surface area (Å²) in [7, 11) is 3.22. The molecule has 0 saturated carbocycles. The molecule has 0 radical (unpaired) electrons. The van der Waals surface area contributed by atoms with Crippen molar-refractivity contribution < 1.29 is 14.3 Å². The second kappa shape index (κ2) is 8.03. The predicted molar refractivity (Wildman–Crippen MR) is 99.2 cm³/mol. The van der Waals surface area contributed by atoms with Gasteiger partial charge in [-0.15, -0.1) is 0 Å². The third-order valence-corrected chi connectivity index (χ3v) is 4.31. The highest BCUT2D eigenvalue weighted by Crippen LogP contribution is 2.32. The minimum atomic E-state index is -0.258. The molecule has 0 aliphatic rings. The first-order valence-electron chi connectivity index (χ1n) is 8.21. The van der Waals surface area contributed by atoms with Crippen LogP contribution in [-0.2, 0) is 12.0 Å². The van der Waals surface area contributed by atoms with Gasteiger partial charge in [-0.25, -0.2) is 0 Å². The van der Waals surface area contributed by atoms with Crippen LogP contribution < -0.4 is 20.5 Å². The van der Waals surface area contributed by atoms with E-state index in [4.69, 9.17) is 15.2 Å². The third-order valence-electron chi connectivity index (χ3n) is 4.31. The fourth-order valence-corrected chi connectivity index (χ4v) is 2.55. The maximum absolute atomic E-state index is 12.4. The number of hydrogen-bond donors (Lipinski definition) is 2. The normalized spacial score (nSPS) is 11.1. The lowest BCUT2D eigenvalue weighted by Gasteiger charge is -2.26. The Morgan fingerprint density at radius 2 is 1.68 bits per heavy atom. The molecule has 5 heteroatoms. The van der Waals surface area contributed by atoms with E-state index in [0.29, 0.717) is 30.2 Å². The zero-order valence-electron chi connectivity index (χ0n) is 15.3. The van der Waals surface area contributed by atoms with E-state index >= 15 is 0 Å². The van der Waals surface area contributed by atoms with E-state index in [9.17, 15) is 4.79 Å². The Morgan fingerprint density at radius 3 is 2.24 bits per heavy atom. The van der Waals surface area contributed by atoms with Crippen molar-refractivity contribution in [3.8, 4) is 11.5 Å². The molecule has 2 aromatic rings. The lowest BCUT2D eigenvalue weighted by atomic mass is 9.84. The van der Waals surface area contributed by atoms with Crippen LogP contribution in [0.25, 0.3) is 0 Å². The number of nitrogens with two attached hydrogens (primary N) is 1. The summed E-state index contributed by atoms with van der Waals surface area (Å²) in [4.78, 5) is 12.4. The summed E-state index contributed by atoms with van der Waals surface area (Å²) in [5, 5.41) is 3.00. The van der Waals surface area contributed by atoms with Crippen LogP contribution in [0.4, 0.5) is 0 Å². The Morgan fingerprint density at radius 1 is 1.04 bits per heavy atom. The zero-order chi connectivity index (χ0) is 18.4. The fourth-order valence-electron chi connectivity index (χ4n) is 2.55. The van der Waals surface area contributed by atoms with E-state index in [0.717, 1.165) is 11.1 Å². The second-order valence-corrected chi connectivity index (χ2v) is 6.54. The van der Waals surface area contributed by atoms with Gasteiger partial charge < -0.3 is 20.5 Å². The fraction of sp³-hybridized carbons (Fsp3) is 0.350. The van der Waals surface area contributed by atoms with Gasteiger partial charge in [0.2, 0.25) is 0 Å². The van der Waals surface area contributed by atoms with Crippen LogP contribution in [0.1, 0.15) is 35.3 Å². The number of amides is 1. The van der Waals surface area contributed by atoms with Gasteiger partial charge in [-0.05, 0) is 35.4 Å². The molecule has 0 aromatic heterocycles. The maximum Gasteiger partial charge on any atom is 0.251 e. The lowest BCUT2D eigenvalue weighted by Crippen LogP contribution is -2.36. The molecule has 0 saturated heterocycles. The molecule has 0 atom stereocenters. The highest BCUT2D eigenvalue weighted by Gasteiger charge is 2.23. The van der Waals surface area contributed by atoms with E-state index in [1.165, 1.54) is 0 Å². The van der Waals surface area contributed by atoms with Gasteiger partial charge in [-0.3, -0.25) is 4.79 Å². The predicted octanol–water partition coefficient (Wildman–Crippen LogP) is 2.87. The van der Waals surface area contributed by atoms with Crippen molar-refractivity contribution in [2.45, 2.75) is 25.8 Å². The Kier molecular flexibility index (Phi) is 6.04. The first kappa shape index (κ1) is 18.8. The van der Waals surface area contributed by atoms with E-state index < -0.39 is 0 Å². The molecule has 134 valence electrons. The van der Waals surface area contributed by atoms with Crippen molar-refractivity contribution in [2.24, 2.45) is 5.73 Å². The third kappa shape index (κ3) is 4.51. The van der Waals surface area contributed by atoms with Crippen LogP contribution in [0, 0.1) is 0 Å². The number of ether oxygens (including phenoxy) is 2. The summed E-state index contributed by atoms with van der Waals surface area (Å²) in [6, 6.07) is 13.1. The van der Waals surface area contributed by atoms with Crippen molar-refractivity contribution >= 4 is 5.91 Å².